The smallest absolute Gasteiger partial charge is 0.264 e. The lowest BCUT2D eigenvalue weighted by atomic mass is 9.92. The van der Waals surface area contributed by atoms with Crippen LogP contribution in [0, 0.1) is 11.8 Å². The first-order valence-electron chi connectivity index (χ1n) is 7.93. The Morgan fingerprint density at radius 2 is 2.09 bits per heavy atom. The lowest BCUT2D eigenvalue weighted by Crippen LogP contribution is -2.41. The summed E-state index contributed by atoms with van der Waals surface area (Å²) < 4.78 is 26.5. The van der Waals surface area contributed by atoms with Crippen molar-refractivity contribution >= 4 is 16.0 Å². The summed E-state index contributed by atoms with van der Waals surface area (Å²) >= 11 is 0. The highest BCUT2D eigenvalue weighted by Crippen LogP contribution is 2.24. The van der Waals surface area contributed by atoms with E-state index >= 15 is 0 Å². The number of nitrogens with zero attached hydrogens (tertiary/aromatic N) is 2. The third kappa shape index (κ3) is 5.49. The number of amidine groups is 1. The average Bonchev–Trinajstić information content (AvgIpc) is 2.93. The quantitative estimate of drug-likeness (QED) is 0.559. The van der Waals surface area contributed by atoms with Crippen molar-refractivity contribution in [3.8, 4) is 0 Å². The molecule has 2 rings (SSSR count). The molecule has 1 saturated heterocycles. The van der Waals surface area contributed by atoms with E-state index in [2.05, 4.69) is 29.2 Å². The molecule has 0 spiro atoms. The summed E-state index contributed by atoms with van der Waals surface area (Å²) in [6, 6.07) is 0. The molecule has 0 aromatic rings. The molecule has 1 N–H and O–H groups in total. The van der Waals surface area contributed by atoms with Gasteiger partial charge in [0.2, 0.25) is 6.35 Å². The number of hydrogen-bond donors (Lipinski definition) is 1. The fraction of sp³-hybridized carbons (Fsp3) is 0.929. The van der Waals surface area contributed by atoms with Gasteiger partial charge in [0.15, 0.2) is 0 Å². The highest BCUT2D eigenvalue weighted by molar-refractivity contribution is 7.85. The highest BCUT2D eigenvalue weighted by atomic mass is 32.2. The molecule has 7 nitrogen and oxygen atoms in total. The van der Waals surface area contributed by atoms with Crippen LogP contribution in [0.15, 0.2) is 4.99 Å². The van der Waals surface area contributed by atoms with Gasteiger partial charge in [-0.2, -0.15) is 8.42 Å². The third-order valence-corrected chi connectivity index (χ3v) is 4.68. The SMILES string of the molecule is CC(C)C1=NC(N2CCC(CCCOS(C)(=O)=O)CC2)ON1. The Morgan fingerprint density at radius 3 is 2.64 bits per heavy atom. The van der Waals surface area contributed by atoms with Gasteiger partial charge < -0.3 is 0 Å². The first-order chi connectivity index (χ1) is 10.3. The molecule has 0 bridgehead atoms. The van der Waals surface area contributed by atoms with E-state index in [-0.39, 0.29) is 13.0 Å². The zero-order valence-corrected chi connectivity index (χ0v) is 14.4. The maximum Gasteiger partial charge on any atom is 0.264 e. The zero-order valence-electron chi connectivity index (χ0n) is 13.6. The van der Waals surface area contributed by atoms with E-state index in [0.717, 1.165) is 50.9 Å². The summed E-state index contributed by atoms with van der Waals surface area (Å²) in [6.45, 7) is 6.37. The van der Waals surface area contributed by atoms with Gasteiger partial charge in [0.1, 0.15) is 5.84 Å². The van der Waals surface area contributed by atoms with Gasteiger partial charge in [-0.15, -0.1) is 0 Å². The minimum Gasteiger partial charge on any atom is -0.270 e. The van der Waals surface area contributed by atoms with Crippen LogP contribution in [0.4, 0.5) is 0 Å². The van der Waals surface area contributed by atoms with Gasteiger partial charge in [0, 0.05) is 19.0 Å². The maximum atomic E-state index is 10.9. The topological polar surface area (TPSA) is 80.2 Å². The predicted molar refractivity (Wildman–Crippen MR) is 84.6 cm³/mol. The van der Waals surface area contributed by atoms with Crippen LogP contribution < -0.4 is 5.48 Å². The van der Waals surface area contributed by atoms with Gasteiger partial charge in [-0.3, -0.25) is 9.08 Å². The molecule has 0 aromatic carbocycles. The van der Waals surface area contributed by atoms with E-state index in [1.165, 1.54) is 0 Å². The van der Waals surface area contributed by atoms with Crippen molar-refractivity contribution in [1.29, 1.82) is 0 Å². The second kappa shape index (κ2) is 7.72. The fourth-order valence-electron chi connectivity index (χ4n) is 2.75. The molecule has 2 aliphatic heterocycles. The van der Waals surface area contributed by atoms with Gasteiger partial charge in [-0.25, -0.2) is 15.3 Å². The summed E-state index contributed by atoms with van der Waals surface area (Å²) in [5.41, 5.74) is 2.91. The maximum absolute atomic E-state index is 10.9. The predicted octanol–water partition coefficient (Wildman–Crippen LogP) is 1.33. The number of rotatable bonds is 7. The Hall–Kier alpha value is -0.700. The van der Waals surface area contributed by atoms with E-state index in [4.69, 9.17) is 9.02 Å². The molecule has 1 atom stereocenters. The minimum atomic E-state index is -3.31. The Morgan fingerprint density at radius 1 is 1.41 bits per heavy atom. The van der Waals surface area contributed by atoms with Crippen molar-refractivity contribution in [2.75, 3.05) is 26.0 Å². The van der Waals surface area contributed by atoms with Crippen molar-refractivity contribution in [1.82, 2.24) is 10.4 Å². The number of piperidine rings is 1. The molecule has 0 radical (unpaired) electrons. The van der Waals surface area contributed by atoms with Gasteiger partial charge in [0.25, 0.3) is 10.1 Å². The van der Waals surface area contributed by atoms with Crippen LogP contribution in [0.3, 0.4) is 0 Å². The zero-order chi connectivity index (χ0) is 16.2. The van der Waals surface area contributed by atoms with Gasteiger partial charge >= 0.3 is 0 Å². The van der Waals surface area contributed by atoms with E-state index in [1.807, 2.05) is 0 Å². The largest absolute Gasteiger partial charge is 0.270 e. The van der Waals surface area contributed by atoms with Crippen LogP contribution in [0.2, 0.25) is 0 Å². The summed E-state index contributed by atoms with van der Waals surface area (Å²) in [4.78, 5) is 12.3. The summed E-state index contributed by atoms with van der Waals surface area (Å²) in [5, 5.41) is 0. The molecule has 0 saturated carbocycles. The number of likely N-dealkylation sites (tertiary alicyclic amines) is 1. The highest BCUT2D eigenvalue weighted by Gasteiger charge is 2.29. The Labute approximate surface area is 133 Å². The molecule has 1 unspecified atom stereocenters. The van der Waals surface area contributed by atoms with E-state index in [9.17, 15) is 8.42 Å². The summed E-state index contributed by atoms with van der Waals surface area (Å²) in [7, 11) is -3.31. The van der Waals surface area contributed by atoms with Gasteiger partial charge in [-0.1, -0.05) is 13.8 Å². The molecular formula is C14H27N3O4S. The Balaban J connectivity index is 1.66. The van der Waals surface area contributed by atoms with Crippen molar-refractivity contribution in [3.05, 3.63) is 0 Å². The molecule has 8 heteroatoms. The van der Waals surface area contributed by atoms with Crippen molar-refractivity contribution in [2.24, 2.45) is 16.8 Å². The van der Waals surface area contributed by atoms with Crippen LogP contribution in [-0.4, -0.2) is 51.5 Å². The van der Waals surface area contributed by atoms with E-state index < -0.39 is 10.1 Å². The van der Waals surface area contributed by atoms with E-state index in [1.54, 1.807) is 0 Å². The van der Waals surface area contributed by atoms with E-state index in [0.29, 0.717) is 11.8 Å². The van der Waals surface area contributed by atoms with Gasteiger partial charge in [0.05, 0.1) is 12.9 Å². The van der Waals surface area contributed by atoms with Crippen LogP contribution in [0.1, 0.15) is 39.5 Å². The number of nitrogens with one attached hydrogen (secondary N) is 1. The molecule has 128 valence electrons. The number of aliphatic imine (C=N–C) groups is 1. The van der Waals surface area contributed by atoms with Crippen molar-refractivity contribution in [3.63, 3.8) is 0 Å². The summed E-state index contributed by atoms with van der Waals surface area (Å²) in [6.07, 6.45) is 4.86. The molecule has 2 aliphatic rings. The standard InChI is InChI=1S/C14H27N3O4S/c1-11(2)13-15-14(21-16-13)17-8-6-12(7-9-17)5-4-10-20-22(3,18)19/h11-12,14H,4-10H2,1-3H3,(H,15,16). The van der Waals surface area contributed by atoms with Crippen LogP contribution in [-0.2, 0) is 19.1 Å². The Kier molecular flexibility index (Phi) is 6.19. The second-order valence-corrected chi connectivity index (χ2v) is 8.01. The van der Waals surface area contributed by atoms with Crippen molar-refractivity contribution < 1.29 is 17.4 Å². The monoisotopic (exact) mass is 333 g/mol. The van der Waals surface area contributed by atoms with Crippen LogP contribution in [0.5, 0.6) is 0 Å². The minimum absolute atomic E-state index is 0.202. The first-order valence-corrected chi connectivity index (χ1v) is 9.74. The fourth-order valence-corrected chi connectivity index (χ4v) is 3.17. The van der Waals surface area contributed by atoms with Crippen LogP contribution >= 0.6 is 0 Å². The van der Waals surface area contributed by atoms with Gasteiger partial charge in [-0.05, 0) is 31.6 Å². The van der Waals surface area contributed by atoms with Crippen molar-refractivity contribution in [2.45, 2.75) is 45.9 Å². The molecule has 0 aliphatic carbocycles. The average molecular weight is 333 g/mol. The number of hydrogen-bond acceptors (Lipinski definition) is 7. The van der Waals surface area contributed by atoms with Crippen LogP contribution in [0.25, 0.3) is 0 Å². The molecule has 1 fully saturated rings. The Bertz CT molecular complexity index is 484. The number of hydroxylamine groups is 1. The molecular weight excluding hydrogens is 306 g/mol. The first kappa shape index (κ1) is 17.7. The lowest BCUT2D eigenvalue weighted by molar-refractivity contribution is -0.0775. The second-order valence-electron chi connectivity index (χ2n) is 6.36. The molecule has 2 heterocycles. The summed E-state index contributed by atoms with van der Waals surface area (Å²) in [5.74, 6) is 1.88. The third-order valence-electron chi connectivity index (χ3n) is 4.08. The molecule has 22 heavy (non-hydrogen) atoms. The molecule has 0 aromatic heterocycles. The normalized spacial score (nSPS) is 24.5. The lowest BCUT2D eigenvalue weighted by Gasteiger charge is -2.33. The molecule has 0 amide bonds.